The van der Waals surface area contributed by atoms with Crippen LogP contribution in [0.5, 0.6) is 0 Å². The van der Waals surface area contributed by atoms with Crippen molar-refractivity contribution in [2.45, 2.75) is 0 Å². The summed E-state index contributed by atoms with van der Waals surface area (Å²) in [6.07, 6.45) is 0. The van der Waals surface area contributed by atoms with Crippen LogP contribution in [0.2, 0.25) is 0 Å². The predicted molar refractivity (Wildman–Crippen MR) is 260 cm³/mol. The van der Waals surface area contributed by atoms with Crippen LogP contribution in [0.1, 0.15) is 11.0 Å². The summed E-state index contributed by atoms with van der Waals surface area (Å²) in [6, 6.07) is 52.6. The SMILES string of the molecule is [2H]c1c([2H])c([2H])c2c(c1[2H])c1c([2H])c([2H])c([2H])c([2H])c1n2-c1cc(-c2ccccc2)ccc1-c1nc(-c2ccc(-c3cccc4c3sc3ccccc34)cc2)nc(-c2cccc(-c3ccccc3)c2)n1. The van der Waals surface area contributed by atoms with Gasteiger partial charge in [-0.25, -0.2) is 15.0 Å². The number of hydrogen-bond donors (Lipinski definition) is 0. The molecule has 9 aromatic carbocycles. The third kappa shape index (κ3) is 6.18. The number of hydrogen-bond acceptors (Lipinski definition) is 4. The topological polar surface area (TPSA) is 43.6 Å². The highest BCUT2D eigenvalue weighted by atomic mass is 32.1. The van der Waals surface area contributed by atoms with Gasteiger partial charge in [0.15, 0.2) is 17.5 Å². The van der Waals surface area contributed by atoms with Gasteiger partial charge in [0, 0.05) is 47.6 Å². The lowest BCUT2D eigenvalue weighted by Gasteiger charge is -2.16. The Kier molecular flexibility index (Phi) is 6.86. The van der Waals surface area contributed by atoms with E-state index in [0.717, 1.165) is 44.5 Å². The number of rotatable bonds is 7. The summed E-state index contributed by atoms with van der Waals surface area (Å²) in [6.45, 7) is 0. The summed E-state index contributed by atoms with van der Waals surface area (Å²) in [5.74, 6) is 0.984. The van der Waals surface area contributed by atoms with Crippen LogP contribution in [0.15, 0.2) is 218 Å². The maximum atomic E-state index is 9.36. The Morgan fingerprint density at radius 1 is 0.371 bits per heavy atom. The van der Waals surface area contributed by atoms with E-state index in [2.05, 4.69) is 54.6 Å². The van der Waals surface area contributed by atoms with Crippen LogP contribution >= 0.6 is 11.3 Å². The minimum atomic E-state index is -0.516. The molecule has 0 N–H and O–H groups in total. The monoisotopic (exact) mass is 816 g/mol. The van der Waals surface area contributed by atoms with Gasteiger partial charge in [0.2, 0.25) is 0 Å². The lowest BCUT2D eigenvalue weighted by molar-refractivity contribution is 1.06. The van der Waals surface area contributed by atoms with Crippen molar-refractivity contribution in [3.63, 3.8) is 0 Å². The summed E-state index contributed by atoms with van der Waals surface area (Å²) in [5, 5.41) is 2.38. The number of para-hydroxylation sites is 2. The van der Waals surface area contributed by atoms with Gasteiger partial charge in [0.05, 0.1) is 27.7 Å². The van der Waals surface area contributed by atoms with Gasteiger partial charge in [0.25, 0.3) is 0 Å². The number of nitrogens with zero attached hydrogens (tertiary/aromatic N) is 4. The highest BCUT2D eigenvalue weighted by Crippen LogP contribution is 2.41. The molecule has 5 heteroatoms. The summed E-state index contributed by atoms with van der Waals surface area (Å²) in [4.78, 5) is 15.5. The normalized spacial score (nSPS) is 13.4. The highest BCUT2D eigenvalue weighted by Gasteiger charge is 2.21. The van der Waals surface area contributed by atoms with Crippen molar-refractivity contribution in [1.82, 2.24) is 19.5 Å². The van der Waals surface area contributed by atoms with Crippen molar-refractivity contribution >= 4 is 53.3 Å². The molecule has 0 fully saturated rings. The van der Waals surface area contributed by atoms with Gasteiger partial charge < -0.3 is 4.57 Å². The number of thiophene rings is 1. The molecule has 4 nitrogen and oxygen atoms in total. The summed E-state index contributed by atoms with van der Waals surface area (Å²) in [5.41, 5.74) is 7.91. The smallest absolute Gasteiger partial charge is 0.166 e. The fourth-order valence-corrected chi connectivity index (χ4v) is 9.61. The van der Waals surface area contributed by atoms with Gasteiger partial charge in [-0.15, -0.1) is 11.3 Å². The molecule has 12 rings (SSSR count). The minimum Gasteiger partial charge on any atom is -0.308 e. The van der Waals surface area contributed by atoms with Gasteiger partial charge in [0.1, 0.15) is 0 Å². The molecule has 0 aliphatic heterocycles. The molecular weight excluding hydrogens is 773 g/mol. The molecule has 0 spiro atoms. The van der Waals surface area contributed by atoms with Crippen molar-refractivity contribution in [2.75, 3.05) is 0 Å². The van der Waals surface area contributed by atoms with Gasteiger partial charge in [-0.05, 0) is 69.7 Å². The summed E-state index contributed by atoms with van der Waals surface area (Å²) in [7, 11) is 0. The lowest BCUT2D eigenvalue weighted by atomic mass is 10.0. The van der Waals surface area contributed by atoms with Crippen LogP contribution in [0.4, 0.5) is 0 Å². The van der Waals surface area contributed by atoms with Gasteiger partial charge >= 0.3 is 0 Å². The summed E-state index contributed by atoms with van der Waals surface area (Å²) < 4.78 is 76.0. The van der Waals surface area contributed by atoms with E-state index in [1.165, 1.54) is 24.7 Å². The molecule has 3 aromatic heterocycles. The van der Waals surface area contributed by atoms with E-state index in [1.54, 1.807) is 11.3 Å². The first-order valence-corrected chi connectivity index (χ1v) is 21.0. The second-order valence-electron chi connectivity index (χ2n) is 15.0. The highest BCUT2D eigenvalue weighted by molar-refractivity contribution is 7.26. The molecule has 0 aliphatic carbocycles. The van der Waals surface area contributed by atoms with Crippen molar-refractivity contribution < 1.29 is 11.0 Å². The van der Waals surface area contributed by atoms with E-state index in [9.17, 15) is 2.74 Å². The fraction of sp³-hybridized carbons (Fsp3) is 0. The van der Waals surface area contributed by atoms with Crippen LogP contribution in [-0.4, -0.2) is 19.5 Å². The van der Waals surface area contributed by atoms with Crippen LogP contribution < -0.4 is 0 Å². The van der Waals surface area contributed by atoms with E-state index >= 15 is 0 Å². The molecule has 0 saturated carbocycles. The molecule has 290 valence electrons. The molecular formula is C57H36N4S. The third-order valence-corrected chi connectivity index (χ3v) is 12.6. The largest absolute Gasteiger partial charge is 0.308 e. The van der Waals surface area contributed by atoms with Crippen molar-refractivity contribution in [3.05, 3.63) is 218 Å². The molecule has 3 heterocycles. The van der Waals surface area contributed by atoms with E-state index in [0.29, 0.717) is 22.9 Å². The Morgan fingerprint density at radius 3 is 1.63 bits per heavy atom. The van der Waals surface area contributed by atoms with Gasteiger partial charge in [-0.2, -0.15) is 0 Å². The Labute approximate surface area is 374 Å². The first-order chi connectivity index (χ1) is 34.0. The number of benzene rings is 9. The molecule has 0 bridgehead atoms. The minimum absolute atomic E-state index is 0.00577. The van der Waals surface area contributed by atoms with Crippen LogP contribution in [0, 0.1) is 0 Å². The average Bonchev–Trinajstić information content (AvgIpc) is 3.98. The molecule has 0 amide bonds. The lowest BCUT2D eigenvalue weighted by Crippen LogP contribution is -2.04. The molecule has 0 radical (unpaired) electrons. The maximum absolute atomic E-state index is 9.36. The van der Waals surface area contributed by atoms with Crippen LogP contribution in [-0.2, 0) is 0 Å². The third-order valence-electron chi connectivity index (χ3n) is 11.3. The first kappa shape index (κ1) is 28.5. The maximum Gasteiger partial charge on any atom is 0.166 e. The second kappa shape index (κ2) is 14.9. The Morgan fingerprint density at radius 2 is 0.903 bits per heavy atom. The molecule has 0 unspecified atom stereocenters. The van der Waals surface area contributed by atoms with Crippen LogP contribution in [0.25, 0.3) is 115 Å². The van der Waals surface area contributed by atoms with Crippen LogP contribution in [0.3, 0.4) is 0 Å². The Hall–Kier alpha value is -7.99. The molecule has 12 aromatic rings. The zero-order valence-corrected chi connectivity index (χ0v) is 33.7. The fourth-order valence-electron chi connectivity index (χ4n) is 8.37. The Balaban J connectivity index is 1.13. The van der Waals surface area contributed by atoms with E-state index < -0.39 is 48.3 Å². The second-order valence-corrected chi connectivity index (χ2v) is 16.0. The molecule has 62 heavy (non-hydrogen) atoms. The zero-order chi connectivity index (χ0) is 47.9. The molecule has 0 saturated heterocycles. The number of aromatic nitrogens is 4. The van der Waals surface area contributed by atoms with E-state index in [-0.39, 0.29) is 27.6 Å². The standard InChI is InChI=1S/C57H36N4S/c1-3-15-37(16-4-1)41-19-13-20-43(35-41)56-58-55(40-31-29-39(30-32-40)44-24-14-25-48-47-23-9-12-28-53(47)62-54(44)48)59-57(60-56)49-34-33-42(38-17-5-2-6-18-38)36-52(49)61-50-26-10-7-21-45(50)46-22-8-11-27-51(46)61/h1-36H/i7D,8D,10D,11D,21D,22D,26D,27D. The van der Waals surface area contributed by atoms with E-state index in [1.807, 2.05) is 115 Å². The quantitative estimate of drug-likeness (QED) is 0.161. The van der Waals surface area contributed by atoms with E-state index in [4.69, 9.17) is 23.2 Å². The Bertz CT molecular complexity index is 4020. The summed E-state index contributed by atoms with van der Waals surface area (Å²) >= 11 is 1.77. The predicted octanol–water partition coefficient (Wildman–Crippen LogP) is 15.3. The van der Waals surface area contributed by atoms with Crippen molar-refractivity contribution in [2.24, 2.45) is 0 Å². The number of fused-ring (bicyclic) bond motifs is 6. The first-order valence-electron chi connectivity index (χ1n) is 24.2. The van der Waals surface area contributed by atoms with Crippen molar-refractivity contribution in [1.29, 1.82) is 0 Å². The molecule has 0 aliphatic rings. The average molecular weight is 817 g/mol. The van der Waals surface area contributed by atoms with Crippen molar-refractivity contribution in [3.8, 4) is 73.2 Å². The molecule has 0 atom stereocenters. The zero-order valence-electron chi connectivity index (χ0n) is 40.9. The van der Waals surface area contributed by atoms with Gasteiger partial charge in [-0.3, -0.25) is 0 Å². The van der Waals surface area contributed by atoms with Gasteiger partial charge in [-0.1, -0.05) is 182 Å².